The highest BCUT2D eigenvalue weighted by Crippen LogP contribution is 2.17. The fourth-order valence-electron chi connectivity index (χ4n) is 2.28. The normalized spacial score (nSPS) is 10.4. The number of esters is 1. The van der Waals surface area contributed by atoms with Gasteiger partial charge in [-0.25, -0.2) is 4.79 Å². The van der Waals surface area contributed by atoms with Crippen molar-refractivity contribution in [3.8, 4) is 5.75 Å². The number of amides is 1. The van der Waals surface area contributed by atoms with Crippen LogP contribution < -0.4 is 15.4 Å². The van der Waals surface area contributed by atoms with E-state index in [1.807, 2.05) is 32.9 Å². The summed E-state index contributed by atoms with van der Waals surface area (Å²) in [6, 6.07) is 14.1. The molecule has 0 saturated carbocycles. The maximum atomic E-state index is 12.1. The van der Waals surface area contributed by atoms with Crippen LogP contribution in [-0.2, 0) is 9.53 Å². The van der Waals surface area contributed by atoms with Crippen molar-refractivity contribution in [2.45, 2.75) is 33.3 Å². The first-order chi connectivity index (χ1) is 13.0. The van der Waals surface area contributed by atoms with Gasteiger partial charge in [-0.2, -0.15) is 0 Å². The van der Waals surface area contributed by atoms with Gasteiger partial charge in [0.2, 0.25) is 5.91 Å². The molecule has 0 radical (unpaired) electrons. The Balaban J connectivity index is 1.80. The van der Waals surface area contributed by atoms with Crippen LogP contribution in [0, 0.1) is 0 Å². The number of anilines is 2. The first-order valence-electron chi connectivity index (χ1n) is 9.05. The van der Waals surface area contributed by atoms with Crippen molar-refractivity contribution in [2.75, 3.05) is 23.8 Å². The molecule has 0 aliphatic heterocycles. The maximum absolute atomic E-state index is 12.1. The first kappa shape index (κ1) is 20.3. The van der Waals surface area contributed by atoms with Gasteiger partial charge in [-0.15, -0.1) is 0 Å². The number of rotatable bonds is 9. The number of hydrogen-bond acceptors (Lipinski definition) is 5. The topological polar surface area (TPSA) is 76.7 Å². The van der Waals surface area contributed by atoms with Gasteiger partial charge in [0.1, 0.15) is 5.75 Å². The van der Waals surface area contributed by atoms with Gasteiger partial charge in [0.25, 0.3) is 0 Å². The second-order valence-corrected chi connectivity index (χ2v) is 6.31. The molecule has 6 heteroatoms. The van der Waals surface area contributed by atoms with E-state index >= 15 is 0 Å². The molecule has 0 unspecified atom stereocenters. The molecule has 6 nitrogen and oxygen atoms in total. The molecule has 2 rings (SSSR count). The van der Waals surface area contributed by atoms with Crippen LogP contribution in [0.2, 0.25) is 0 Å². The van der Waals surface area contributed by atoms with Crippen LogP contribution >= 0.6 is 0 Å². The second-order valence-electron chi connectivity index (χ2n) is 6.31. The smallest absolute Gasteiger partial charge is 0.338 e. The number of benzene rings is 2. The summed E-state index contributed by atoms with van der Waals surface area (Å²) in [4.78, 5) is 23.8. The summed E-state index contributed by atoms with van der Waals surface area (Å²) in [5.41, 5.74) is 1.94. The quantitative estimate of drug-likeness (QED) is 0.650. The molecular weight excluding hydrogens is 344 g/mol. The molecule has 0 fully saturated rings. The third kappa shape index (κ3) is 7.01. The average molecular weight is 370 g/mol. The second kappa shape index (κ2) is 10.2. The molecule has 2 N–H and O–H groups in total. The maximum Gasteiger partial charge on any atom is 0.338 e. The third-order valence-electron chi connectivity index (χ3n) is 3.52. The van der Waals surface area contributed by atoms with Gasteiger partial charge in [-0.3, -0.25) is 4.79 Å². The molecule has 0 saturated heterocycles. The Kier molecular flexibility index (Phi) is 7.67. The molecule has 0 aromatic heterocycles. The van der Waals surface area contributed by atoms with Gasteiger partial charge in [0, 0.05) is 11.4 Å². The fraction of sp³-hybridized carbons (Fsp3) is 0.333. The molecule has 0 atom stereocenters. The molecule has 2 aromatic rings. The summed E-state index contributed by atoms with van der Waals surface area (Å²) in [6.45, 7) is 6.39. The van der Waals surface area contributed by atoms with Gasteiger partial charge in [-0.05, 0) is 68.8 Å². The van der Waals surface area contributed by atoms with Crippen molar-refractivity contribution in [2.24, 2.45) is 0 Å². The molecule has 0 bridgehead atoms. The predicted molar refractivity (Wildman–Crippen MR) is 106 cm³/mol. The van der Waals surface area contributed by atoms with Crippen LogP contribution in [0.25, 0.3) is 0 Å². The van der Waals surface area contributed by atoms with Crippen LogP contribution in [0.4, 0.5) is 11.4 Å². The minimum absolute atomic E-state index is 0.106. The molecule has 0 spiro atoms. The van der Waals surface area contributed by atoms with Crippen LogP contribution in [0.5, 0.6) is 5.75 Å². The van der Waals surface area contributed by atoms with E-state index in [9.17, 15) is 9.59 Å². The van der Waals surface area contributed by atoms with Crippen LogP contribution in [0.1, 0.15) is 37.6 Å². The van der Waals surface area contributed by atoms with E-state index in [1.165, 1.54) is 0 Å². The summed E-state index contributed by atoms with van der Waals surface area (Å²) in [6.07, 6.45) is 0.892. The summed E-state index contributed by atoms with van der Waals surface area (Å²) in [5.74, 6) is 0.253. The van der Waals surface area contributed by atoms with Crippen molar-refractivity contribution < 1.29 is 19.1 Å². The molecule has 0 aliphatic carbocycles. The van der Waals surface area contributed by atoms with E-state index in [2.05, 4.69) is 10.6 Å². The number of carbonyl (C=O) groups is 2. The zero-order chi connectivity index (χ0) is 19.6. The molecule has 2 aromatic carbocycles. The Morgan fingerprint density at radius 2 is 1.59 bits per heavy atom. The lowest BCUT2D eigenvalue weighted by Gasteiger charge is -2.11. The van der Waals surface area contributed by atoms with Crippen molar-refractivity contribution in [1.82, 2.24) is 0 Å². The summed E-state index contributed by atoms with van der Waals surface area (Å²) >= 11 is 0. The Hall–Kier alpha value is -3.02. The van der Waals surface area contributed by atoms with Gasteiger partial charge in [0.15, 0.2) is 0 Å². The third-order valence-corrected chi connectivity index (χ3v) is 3.52. The minimum atomic E-state index is -0.342. The van der Waals surface area contributed by atoms with E-state index < -0.39 is 0 Å². The van der Waals surface area contributed by atoms with E-state index in [1.54, 1.807) is 36.4 Å². The molecular formula is C21H26N2O4. The standard InChI is InChI=1S/C21H26N2O4/c1-4-13-26-21(25)16-5-7-17(8-6-16)22-14-20(24)23-18-9-11-19(12-10-18)27-15(2)3/h5-12,15,22H,4,13-14H2,1-3H3,(H,23,24). The predicted octanol–water partition coefficient (Wildman–Crippen LogP) is 4.09. The van der Waals surface area contributed by atoms with Gasteiger partial charge in [-0.1, -0.05) is 6.92 Å². The number of ether oxygens (including phenoxy) is 2. The van der Waals surface area contributed by atoms with E-state index in [0.717, 1.165) is 17.9 Å². The fourth-order valence-corrected chi connectivity index (χ4v) is 2.28. The highest BCUT2D eigenvalue weighted by Gasteiger charge is 2.07. The summed E-state index contributed by atoms with van der Waals surface area (Å²) in [7, 11) is 0. The van der Waals surface area contributed by atoms with Crippen molar-refractivity contribution in [1.29, 1.82) is 0 Å². The van der Waals surface area contributed by atoms with Crippen LogP contribution in [-0.4, -0.2) is 31.1 Å². The van der Waals surface area contributed by atoms with Gasteiger partial charge in [0.05, 0.1) is 24.8 Å². The van der Waals surface area contributed by atoms with Crippen molar-refractivity contribution >= 4 is 23.3 Å². The number of carbonyl (C=O) groups excluding carboxylic acids is 2. The Morgan fingerprint density at radius 1 is 0.963 bits per heavy atom. The van der Waals surface area contributed by atoms with Crippen LogP contribution in [0.3, 0.4) is 0 Å². The summed E-state index contributed by atoms with van der Waals surface area (Å²) in [5, 5.41) is 5.84. The highest BCUT2D eigenvalue weighted by atomic mass is 16.5. The zero-order valence-electron chi connectivity index (χ0n) is 16.0. The van der Waals surface area contributed by atoms with Crippen LogP contribution in [0.15, 0.2) is 48.5 Å². The first-order valence-corrected chi connectivity index (χ1v) is 9.05. The highest BCUT2D eigenvalue weighted by molar-refractivity contribution is 5.94. The van der Waals surface area contributed by atoms with Crippen molar-refractivity contribution in [3.63, 3.8) is 0 Å². The molecule has 0 heterocycles. The molecule has 27 heavy (non-hydrogen) atoms. The molecule has 144 valence electrons. The van der Waals surface area contributed by atoms with Gasteiger partial charge < -0.3 is 20.1 Å². The summed E-state index contributed by atoms with van der Waals surface area (Å²) < 4.78 is 10.6. The lowest BCUT2D eigenvalue weighted by Crippen LogP contribution is -2.21. The zero-order valence-corrected chi connectivity index (χ0v) is 16.0. The molecule has 0 aliphatic rings. The van der Waals surface area contributed by atoms with E-state index in [0.29, 0.717) is 17.9 Å². The minimum Gasteiger partial charge on any atom is -0.491 e. The van der Waals surface area contributed by atoms with Crippen molar-refractivity contribution in [3.05, 3.63) is 54.1 Å². The lowest BCUT2D eigenvalue weighted by molar-refractivity contribution is -0.114. The van der Waals surface area contributed by atoms with Gasteiger partial charge >= 0.3 is 5.97 Å². The monoisotopic (exact) mass is 370 g/mol. The number of hydrogen-bond donors (Lipinski definition) is 2. The Bertz CT molecular complexity index is 740. The Morgan fingerprint density at radius 3 is 2.19 bits per heavy atom. The lowest BCUT2D eigenvalue weighted by atomic mass is 10.2. The van der Waals surface area contributed by atoms with E-state index in [-0.39, 0.29) is 24.5 Å². The number of nitrogens with one attached hydrogen (secondary N) is 2. The average Bonchev–Trinajstić information content (AvgIpc) is 2.66. The largest absolute Gasteiger partial charge is 0.491 e. The Labute approximate surface area is 159 Å². The molecule has 1 amide bonds. The SMILES string of the molecule is CCCOC(=O)c1ccc(NCC(=O)Nc2ccc(OC(C)C)cc2)cc1. The van der Waals surface area contributed by atoms with E-state index in [4.69, 9.17) is 9.47 Å².